The van der Waals surface area contributed by atoms with Gasteiger partial charge in [-0.3, -0.25) is 0 Å². The quantitative estimate of drug-likeness (QED) is 0.762. The molecule has 1 aliphatic carbocycles. The maximum atomic E-state index is 13.2. The molecule has 1 N–H and O–H groups in total. The van der Waals surface area contributed by atoms with Crippen LogP contribution in [0.4, 0.5) is 4.39 Å². The van der Waals surface area contributed by atoms with Crippen LogP contribution >= 0.6 is 0 Å². The molecule has 1 heterocycles. The van der Waals surface area contributed by atoms with Crippen LogP contribution in [0.25, 0.3) is 22.2 Å². The van der Waals surface area contributed by atoms with E-state index < -0.39 is 0 Å². The van der Waals surface area contributed by atoms with Crippen LogP contribution in [0.3, 0.4) is 0 Å². The molecule has 0 bridgehead atoms. The molecule has 1 aromatic heterocycles. The van der Waals surface area contributed by atoms with Crippen molar-refractivity contribution in [3.63, 3.8) is 0 Å². The number of benzene rings is 2. The van der Waals surface area contributed by atoms with E-state index >= 15 is 0 Å². The second-order valence-electron chi connectivity index (χ2n) is 6.35. The maximum absolute atomic E-state index is 13.2. The first kappa shape index (κ1) is 14.3. The Morgan fingerprint density at radius 3 is 2.61 bits per heavy atom. The summed E-state index contributed by atoms with van der Waals surface area (Å²) in [5.41, 5.74) is 5.28. The summed E-state index contributed by atoms with van der Waals surface area (Å²) < 4.78 is 13.2. The van der Waals surface area contributed by atoms with E-state index in [9.17, 15) is 4.39 Å². The molecule has 2 aromatic carbocycles. The van der Waals surface area contributed by atoms with Crippen LogP contribution in [0.1, 0.15) is 24.0 Å². The first-order valence-corrected chi connectivity index (χ1v) is 8.09. The zero-order valence-corrected chi connectivity index (χ0v) is 13.1. The van der Waals surface area contributed by atoms with Crippen molar-refractivity contribution in [3.8, 4) is 11.3 Å². The molecule has 0 saturated heterocycles. The van der Waals surface area contributed by atoms with Crippen LogP contribution < -0.4 is 5.32 Å². The Morgan fingerprint density at radius 2 is 1.87 bits per heavy atom. The summed E-state index contributed by atoms with van der Waals surface area (Å²) in [6.07, 6.45) is 2.51. The summed E-state index contributed by atoms with van der Waals surface area (Å²) in [6, 6.07) is 15.7. The van der Waals surface area contributed by atoms with E-state index in [0.717, 1.165) is 28.7 Å². The summed E-state index contributed by atoms with van der Waals surface area (Å²) in [6.45, 7) is 2.89. The van der Waals surface area contributed by atoms with Gasteiger partial charge in [0, 0.05) is 23.5 Å². The van der Waals surface area contributed by atoms with Crippen molar-refractivity contribution in [1.82, 2.24) is 10.3 Å². The molecule has 0 unspecified atom stereocenters. The molecular weight excluding hydrogens is 287 g/mol. The average Bonchev–Trinajstić information content (AvgIpc) is 3.37. The topological polar surface area (TPSA) is 24.9 Å². The second kappa shape index (κ2) is 5.74. The van der Waals surface area contributed by atoms with Gasteiger partial charge in [0.25, 0.3) is 0 Å². The molecule has 0 radical (unpaired) electrons. The predicted octanol–water partition coefficient (Wildman–Crippen LogP) is 4.60. The number of hydrogen-bond acceptors (Lipinski definition) is 2. The molecule has 2 nitrogen and oxygen atoms in total. The third-order valence-corrected chi connectivity index (χ3v) is 4.33. The van der Waals surface area contributed by atoms with Crippen molar-refractivity contribution in [1.29, 1.82) is 0 Å². The van der Waals surface area contributed by atoms with Gasteiger partial charge in [0.15, 0.2) is 0 Å². The fourth-order valence-electron chi connectivity index (χ4n) is 2.87. The summed E-state index contributed by atoms with van der Waals surface area (Å²) in [5.74, 6) is -0.220. The Hall–Kier alpha value is -2.26. The van der Waals surface area contributed by atoms with Gasteiger partial charge in [-0.05, 0) is 67.8 Å². The number of fused-ring (bicyclic) bond motifs is 1. The molecule has 0 atom stereocenters. The van der Waals surface area contributed by atoms with Crippen LogP contribution in [0, 0.1) is 12.7 Å². The smallest absolute Gasteiger partial charge is 0.123 e. The molecule has 1 fully saturated rings. The van der Waals surface area contributed by atoms with Gasteiger partial charge in [-0.25, -0.2) is 9.37 Å². The first-order chi connectivity index (χ1) is 11.2. The zero-order chi connectivity index (χ0) is 15.8. The summed E-state index contributed by atoms with van der Waals surface area (Å²) in [7, 11) is 0. The second-order valence-corrected chi connectivity index (χ2v) is 6.35. The fourth-order valence-corrected chi connectivity index (χ4v) is 2.87. The van der Waals surface area contributed by atoms with Crippen molar-refractivity contribution in [2.24, 2.45) is 0 Å². The van der Waals surface area contributed by atoms with Gasteiger partial charge in [-0.2, -0.15) is 0 Å². The number of nitrogens with zero attached hydrogens (tertiary/aromatic N) is 1. The van der Waals surface area contributed by atoms with Gasteiger partial charge in [0.1, 0.15) is 5.82 Å². The van der Waals surface area contributed by atoms with E-state index in [0.29, 0.717) is 6.04 Å². The molecule has 0 aliphatic heterocycles. The van der Waals surface area contributed by atoms with Gasteiger partial charge in [-0.1, -0.05) is 11.6 Å². The minimum atomic E-state index is -0.220. The van der Waals surface area contributed by atoms with E-state index in [1.807, 2.05) is 0 Å². The van der Waals surface area contributed by atoms with Gasteiger partial charge >= 0.3 is 0 Å². The standard InChI is InChI=1S/C20H19FN2/c1-13-2-9-19-15(10-13)11-16(12-22-18-7-8-18)20(23-19)14-3-5-17(21)6-4-14/h2-6,9-11,18,22H,7-8,12H2,1H3. The number of aryl methyl sites for hydroxylation is 1. The van der Waals surface area contributed by atoms with E-state index in [1.54, 1.807) is 12.1 Å². The Morgan fingerprint density at radius 1 is 1.09 bits per heavy atom. The summed E-state index contributed by atoms with van der Waals surface area (Å²) in [4.78, 5) is 4.85. The van der Waals surface area contributed by atoms with Crippen LogP contribution in [0.15, 0.2) is 48.5 Å². The molecule has 0 amide bonds. The Balaban J connectivity index is 1.82. The number of aromatic nitrogens is 1. The number of pyridine rings is 1. The largest absolute Gasteiger partial charge is 0.310 e. The van der Waals surface area contributed by atoms with E-state index in [-0.39, 0.29) is 5.82 Å². The maximum Gasteiger partial charge on any atom is 0.123 e. The Bertz CT molecular complexity index is 851. The highest BCUT2D eigenvalue weighted by molar-refractivity contribution is 5.84. The average molecular weight is 306 g/mol. The Kier molecular flexibility index (Phi) is 3.58. The lowest BCUT2D eigenvalue weighted by atomic mass is 10.0. The third-order valence-electron chi connectivity index (χ3n) is 4.33. The van der Waals surface area contributed by atoms with Crippen LogP contribution in [0.2, 0.25) is 0 Å². The van der Waals surface area contributed by atoms with Crippen LogP contribution in [-0.2, 0) is 6.54 Å². The zero-order valence-electron chi connectivity index (χ0n) is 13.1. The lowest BCUT2D eigenvalue weighted by molar-refractivity contribution is 0.628. The molecule has 116 valence electrons. The van der Waals surface area contributed by atoms with E-state index in [1.165, 1.54) is 36.1 Å². The molecule has 1 saturated carbocycles. The van der Waals surface area contributed by atoms with Crippen LogP contribution in [0.5, 0.6) is 0 Å². The van der Waals surface area contributed by atoms with E-state index in [2.05, 4.69) is 36.5 Å². The predicted molar refractivity (Wildman–Crippen MR) is 91.7 cm³/mol. The normalized spacial score (nSPS) is 14.3. The van der Waals surface area contributed by atoms with E-state index in [4.69, 9.17) is 4.98 Å². The molecule has 23 heavy (non-hydrogen) atoms. The highest BCUT2D eigenvalue weighted by Crippen LogP contribution is 2.28. The SMILES string of the molecule is Cc1ccc2nc(-c3ccc(F)cc3)c(CNC3CC3)cc2c1. The molecule has 4 rings (SSSR count). The van der Waals surface area contributed by atoms with Crippen molar-refractivity contribution in [2.75, 3.05) is 0 Å². The minimum absolute atomic E-state index is 0.220. The number of rotatable bonds is 4. The van der Waals surface area contributed by atoms with Crippen molar-refractivity contribution < 1.29 is 4.39 Å². The highest BCUT2D eigenvalue weighted by Gasteiger charge is 2.21. The molecule has 3 heteroatoms. The third kappa shape index (κ3) is 3.10. The summed E-state index contributed by atoms with van der Waals surface area (Å²) >= 11 is 0. The Labute approximate surface area is 135 Å². The van der Waals surface area contributed by atoms with Gasteiger partial charge in [0.05, 0.1) is 11.2 Å². The van der Waals surface area contributed by atoms with Crippen molar-refractivity contribution in [2.45, 2.75) is 32.4 Å². The lowest BCUT2D eigenvalue weighted by Gasteiger charge is -2.12. The van der Waals surface area contributed by atoms with Gasteiger partial charge < -0.3 is 5.32 Å². The minimum Gasteiger partial charge on any atom is -0.310 e. The lowest BCUT2D eigenvalue weighted by Crippen LogP contribution is -2.16. The fraction of sp³-hybridized carbons (Fsp3) is 0.250. The van der Waals surface area contributed by atoms with Gasteiger partial charge in [0.2, 0.25) is 0 Å². The van der Waals surface area contributed by atoms with Crippen molar-refractivity contribution >= 4 is 10.9 Å². The first-order valence-electron chi connectivity index (χ1n) is 8.09. The number of halogens is 1. The molecule has 3 aromatic rings. The van der Waals surface area contributed by atoms with Crippen LogP contribution in [-0.4, -0.2) is 11.0 Å². The monoisotopic (exact) mass is 306 g/mol. The molecule has 0 spiro atoms. The number of nitrogens with one attached hydrogen (secondary N) is 1. The summed E-state index contributed by atoms with van der Waals surface area (Å²) in [5, 5.41) is 4.72. The van der Waals surface area contributed by atoms with Gasteiger partial charge in [-0.15, -0.1) is 0 Å². The van der Waals surface area contributed by atoms with Crippen molar-refractivity contribution in [3.05, 3.63) is 65.5 Å². The number of hydrogen-bond donors (Lipinski definition) is 1. The highest BCUT2D eigenvalue weighted by atomic mass is 19.1. The molecular formula is C20H19FN2. The molecule has 1 aliphatic rings.